The normalized spacial score (nSPS) is 12.0. The third-order valence-electron chi connectivity index (χ3n) is 20.0. The van der Waals surface area contributed by atoms with Gasteiger partial charge in [0.05, 0.1) is 125 Å². The van der Waals surface area contributed by atoms with Crippen molar-refractivity contribution in [1.82, 2.24) is 98.0 Å². The van der Waals surface area contributed by atoms with Crippen molar-refractivity contribution in [2.45, 2.75) is 97.8 Å². The number of anilines is 9. The summed E-state index contributed by atoms with van der Waals surface area (Å²) in [5.41, 5.74) is 31.1. The number of nitrogens with two attached hydrogens (primary N) is 5. The van der Waals surface area contributed by atoms with Crippen molar-refractivity contribution in [2.24, 2.45) is 0 Å². The van der Waals surface area contributed by atoms with Crippen LogP contribution in [0.1, 0.15) is 133 Å². The fourth-order valence-electron chi connectivity index (χ4n) is 14.1. The molecule has 132 heavy (non-hydrogen) atoms. The summed E-state index contributed by atoms with van der Waals surface area (Å²) < 4.78 is 59.3. The van der Waals surface area contributed by atoms with Gasteiger partial charge in [0.1, 0.15) is 139 Å². The van der Waals surface area contributed by atoms with E-state index in [2.05, 4.69) is 112 Å². The Morgan fingerprint density at radius 1 is 0.455 bits per heavy atom. The molecule has 39 nitrogen and oxygen atoms in total. The Hall–Kier alpha value is -16.6. The summed E-state index contributed by atoms with van der Waals surface area (Å²) in [6, 6.07) is 32.0. The number of halogens is 5. The van der Waals surface area contributed by atoms with Crippen LogP contribution in [0, 0.1) is 91.6 Å². The fourth-order valence-corrected chi connectivity index (χ4v) is 16.0. The lowest BCUT2D eigenvalue weighted by molar-refractivity contribution is 0.602. The Bertz CT molecular complexity index is 7840. The van der Waals surface area contributed by atoms with Gasteiger partial charge in [0.2, 0.25) is 0 Å². The van der Waals surface area contributed by atoms with Gasteiger partial charge in [-0.25, -0.2) is 82.0 Å². The molecule has 16 rings (SSSR count). The molecule has 0 amide bonds. The van der Waals surface area contributed by atoms with E-state index in [1.54, 1.807) is 134 Å². The first-order chi connectivity index (χ1) is 63.0. The second-order valence-corrected chi connectivity index (χ2v) is 32.8. The molecule has 0 fully saturated rings. The number of aryl methyl sites for hydroxylation is 5. The van der Waals surface area contributed by atoms with Crippen LogP contribution in [-0.4, -0.2) is 113 Å². The van der Waals surface area contributed by atoms with Crippen LogP contribution in [0.25, 0.3) is 66.4 Å². The quantitative estimate of drug-likeness (QED) is 0.0385. The van der Waals surface area contributed by atoms with Crippen molar-refractivity contribution in [3.63, 3.8) is 0 Å². The van der Waals surface area contributed by atoms with Crippen molar-refractivity contribution in [1.29, 1.82) is 21.0 Å². The first-order valence-electron chi connectivity index (χ1n) is 39.4. The van der Waals surface area contributed by atoms with Gasteiger partial charge < -0.3 is 49.9 Å². The smallest absolute Gasteiger partial charge is 0.267 e. The van der Waals surface area contributed by atoms with Crippen LogP contribution in [0.4, 0.5) is 61.1 Å². The number of rotatable bonds is 18. The van der Waals surface area contributed by atoms with Gasteiger partial charge in [-0.3, -0.25) is 52.4 Å². The SMILES string of the molecule is CC[C@H](Nc1nc(C)nc(N)c1C#N)c1nc2cccc(Cl)c2c(=O)n1-c1cnc(N)cc1C.Cc1nc(N)c(C#N)c(N[C@@H](C)c2nc3c(F)ccc(Br)c3c(=O)n2-c2cccnc2)n1.Cc1nc(N)c(C#N)c(N[C@@H](C)c2nc3ccc(F)c(Cl)c3c(=O)n2-c2cccnc2)n1.Cc1nc(N)c(C#N)c(N[C@@H](C)c2nc3cccc(S(C)(=O)=O)c3c(=O)n2-c2cccnc2)n1. The molecule has 12 heterocycles. The average molecular weight is 1900 g/mol. The van der Waals surface area contributed by atoms with Gasteiger partial charge in [-0.15, -0.1) is 0 Å². The number of aromatic nitrogens is 20. The van der Waals surface area contributed by atoms with Gasteiger partial charge in [0.25, 0.3) is 22.2 Å². The highest BCUT2D eigenvalue weighted by molar-refractivity contribution is 9.10. The lowest BCUT2D eigenvalue weighted by atomic mass is 10.1. The summed E-state index contributed by atoms with van der Waals surface area (Å²) in [6.45, 7) is 15.5. The number of pyridine rings is 4. The summed E-state index contributed by atoms with van der Waals surface area (Å²) in [5, 5.41) is 50.8. The van der Waals surface area contributed by atoms with Gasteiger partial charge in [-0.1, -0.05) is 42.3 Å². The minimum Gasteiger partial charge on any atom is -0.384 e. The van der Waals surface area contributed by atoms with Crippen molar-refractivity contribution in [3.05, 3.63) is 288 Å². The van der Waals surface area contributed by atoms with Crippen LogP contribution >= 0.6 is 39.1 Å². The predicted molar refractivity (Wildman–Crippen MR) is 497 cm³/mol. The van der Waals surface area contributed by atoms with Crippen molar-refractivity contribution in [3.8, 4) is 47.0 Å². The monoisotopic (exact) mass is 1900 g/mol. The molecule has 45 heteroatoms. The minimum atomic E-state index is -3.70. The molecule has 0 saturated carbocycles. The van der Waals surface area contributed by atoms with Gasteiger partial charge >= 0.3 is 0 Å². The number of benzene rings is 4. The van der Waals surface area contributed by atoms with Crippen LogP contribution in [0.15, 0.2) is 175 Å². The van der Waals surface area contributed by atoms with Crippen molar-refractivity contribution < 1.29 is 17.2 Å². The maximum Gasteiger partial charge on any atom is 0.267 e. The molecular formula is C87H74BrCl2F2N33O6S. The number of nitrogens with zero attached hydrogens (tertiary/aromatic N) is 24. The van der Waals surface area contributed by atoms with Crippen molar-refractivity contribution in [2.75, 3.05) is 56.2 Å². The maximum atomic E-state index is 14.6. The molecular weight excluding hydrogens is 1820 g/mol. The number of nitriles is 4. The third kappa shape index (κ3) is 19.0. The van der Waals surface area contributed by atoms with E-state index in [-0.39, 0.29) is 134 Å². The Kier molecular flexibility index (Phi) is 27.4. The fraction of sp³-hybridized carbons (Fsp3) is 0.172. The molecule has 0 aliphatic carbocycles. The summed E-state index contributed by atoms with van der Waals surface area (Å²) in [7, 11) is -3.70. The number of fused-ring (bicyclic) bond motifs is 4. The van der Waals surface area contributed by atoms with E-state index in [0.717, 1.165) is 17.9 Å². The zero-order valence-electron chi connectivity index (χ0n) is 71.2. The Morgan fingerprint density at radius 2 is 0.841 bits per heavy atom. The Morgan fingerprint density at radius 3 is 1.26 bits per heavy atom. The van der Waals surface area contributed by atoms with Crippen LogP contribution in [0.2, 0.25) is 10.0 Å². The van der Waals surface area contributed by atoms with E-state index in [9.17, 15) is 57.4 Å². The first kappa shape index (κ1) is 93.0. The zero-order valence-corrected chi connectivity index (χ0v) is 75.2. The molecule has 0 aliphatic rings. The van der Waals surface area contributed by atoms with Crippen LogP contribution in [0.5, 0.6) is 0 Å². The highest BCUT2D eigenvalue weighted by Gasteiger charge is 2.31. The maximum absolute atomic E-state index is 14.6. The predicted octanol–water partition coefficient (Wildman–Crippen LogP) is 12.1. The van der Waals surface area contributed by atoms with Gasteiger partial charge in [-0.2, -0.15) is 21.0 Å². The first-order valence-corrected chi connectivity index (χ1v) is 42.9. The molecule has 4 atom stereocenters. The van der Waals surface area contributed by atoms with E-state index < -0.39 is 62.3 Å². The summed E-state index contributed by atoms with van der Waals surface area (Å²) in [5.74, 6) is 2.62. The van der Waals surface area contributed by atoms with Gasteiger partial charge in [-0.05, 0) is 174 Å². The largest absolute Gasteiger partial charge is 0.384 e. The van der Waals surface area contributed by atoms with Crippen LogP contribution in [-0.2, 0) is 9.84 Å². The van der Waals surface area contributed by atoms with E-state index >= 15 is 0 Å². The highest BCUT2D eigenvalue weighted by atomic mass is 79.9. The summed E-state index contributed by atoms with van der Waals surface area (Å²) in [6.07, 6.45) is 12.2. The second-order valence-electron chi connectivity index (χ2n) is 29.2. The zero-order chi connectivity index (χ0) is 95.2. The summed E-state index contributed by atoms with van der Waals surface area (Å²) >= 11 is 15.8. The average Bonchev–Trinajstić information content (AvgIpc) is 0.746. The molecule has 12 aromatic heterocycles. The molecule has 14 N–H and O–H groups in total. The highest BCUT2D eigenvalue weighted by Crippen LogP contribution is 2.35. The molecule has 16 aromatic rings. The molecule has 0 radical (unpaired) electrons. The number of sulfone groups is 1. The van der Waals surface area contributed by atoms with E-state index in [1.807, 2.05) is 38.1 Å². The number of nitrogen functional groups attached to an aromatic ring is 5. The van der Waals surface area contributed by atoms with E-state index in [4.69, 9.17) is 56.9 Å². The third-order valence-corrected chi connectivity index (χ3v) is 22.5. The molecule has 0 spiro atoms. The number of hydrogen-bond donors (Lipinski definition) is 9. The Labute approximate surface area is 766 Å². The van der Waals surface area contributed by atoms with Crippen LogP contribution in [0.3, 0.4) is 0 Å². The minimum absolute atomic E-state index is 0.0235. The van der Waals surface area contributed by atoms with E-state index in [0.29, 0.717) is 84.5 Å². The standard InChI is InChI=1S/C23H22ClN9O.C22H20N8O3S.C21H16BrFN8O.C21H16ClFN8O/c1-4-15(31-21-13(9-25)20(27)29-12(3)30-21)22-32-16-7-5-6-14(24)19(16)23(34)33(22)17-10-28-18(26)8-11(17)2;1-12(26-20-15(10-23)19(24)27-13(2)28-20)21-29-16-7-4-8-17(34(3,32)33)18(16)22(31)30(21)14-6-5-9-25-11-14;1-10(27-19-13(8-24)18(25)28-11(2)29-19)20-30-17-15(23)6-5-14(22)16(17)21(32)31(20)12-4-3-7-26-9-12;1-10(27-19-13(8-24)18(25)28-11(2)29-19)20-30-15-6-5-14(23)17(22)16(15)21(32)31(20)12-4-3-7-26-9-12/h5-8,10,15H,4H2,1-3H3,(H2,26,28)(H3,27,29,30,31);4-9,11-12H,1-3H3,(H3,24,26,27,28);2*3-7,9-10H,1-2H3,(H3,25,27,28,29)/t15-;12-;2*10-/m0000/s1. The molecule has 0 aliphatic heterocycles. The number of nitrogens with one attached hydrogen (secondary N) is 4. The van der Waals surface area contributed by atoms with Crippen LogP contribution < -0.4 is 72.2 Å². The molecule has 0 saturated heterocycles. The molecule has 4 aromatic carbocycles. The van der Waals surface area contributed by atoms with E-state index in [1.165, 1.54) is 73.4 Å². The Balaban J connectivity index is 0.000000150. The van der Waals surface area contributed by atoms with Gasteiger partial charge in [0, 0.05) is 29.3 Å². The van der Waals surface area contributed by atoms with Crippen molar-refractivity contribution >= 4 is 145 Å². The molecule has 0 bridgehead atoms. The molecule has 664 valence electrons. The van der Waals surface area contributed by atoms with Gasteiger partial charge in [0.15, 0.2) is 33.1 Å². The topological polar surface area (TPSA) is 602 Å². The molecule has 0 unspecified atom stereocenters. The summed E-state index contributed by atoms with van der Waals surface area (Å²) in [4.78, 5) is 122. The second kappa shape index (κ2) is 38.9. The lowest BCUT2D eigenvalue weighted by Gasteiger charge is -2.23. The number of hydrogen-bond acceptors (Lipinski definition) is 35. The lowest BCUT2D eigenvalue weighted by Crippen LogP contribution is -2.29.